The summed E-state index contributed by atoms with van der Waals surface area (Å²) in [6.45, 7) is 16.0. The largest absolute Gasteiger partial charge is 1.00 e. The van der Waals surface area contributed by atoms with Crippen LogP contribution in [-0.2, 0) is 20.4 Å². The maximum absolute atomic E-state index is 5.87. The first-order chi connectivity index (χ1) is 18.0. The Morgan fingerprint density at radius 3 is 1.02 bits per heavy atom. The zero-order valence-electron chi connectivity index (χ0n) is 25.6. The number of ether oxygens (including phenoxy) is 3. The van der Waals surface area contributed by atoms with Gasteiger partial charge in [-0.15, -0.1) is 0 Å². The van der Waals surface area contributed by atoms with E-state index in [-0.39, 0.29) is 40.6 Å². The molecule has 0 radical (unpaired) electrons. The van der Waals surface area contributed by atoms with Gasteiger partial charge in [-0.2, -0.15) is 0 Å². The van der Waals surface area contributed by atoms with Crippen LogP contribution in [0.25, 0.3) is 0 Å². The van der Waals surface area contributed by atoms with Crippen LogP contribution in [0.15, 0.2) is 76.9 Å². The zero-order valence-corrected chi connectivity index (χ0v) is 30.4. The number of halogens is 3. The van der Waals surface area contributed by atoms with Gasteiger partial charge in [-0.1, -0.05) is 0 Å². The van der Waals surface area contributed by atoms with Gasteiger partial charge in [-0.25, -0.2) is 0 Å². The van der Waals surface area contributed by atoms with E-state index in [0.717, 1.165) is 17.2 Å². The topological polar surface area (TPSA) is 27.7 Å². The maximum Gasteiger partial charge on any atom is -1.00 e. The molecule has 0 fully saturated rings. The van der Waals surface area contributed by atoms with Crippen LogP contribution in [0, 0.1) is 20.8 Å². The van der Waals surface area contributed by atoms with Crippen LogP contribution in [0.4, 0.5) is 0 Å². The van der Waals surface area contributed by atoms with Gasteiger partial charge in [-0.05, 0) is 0 Å². The van der Waals surface area contributed by atoms with Crippen molar-refractivity contribution in [2.75, 3.05) is 21.3 Å². The van der Waals surface area contributed by atoms with Crippen molar-refractivity contribution in [1.82, 2.24) is 0 Å². The van der Waals surface area contributed by atoms with Gasteiger partial charge in [0.15, 0.2) is 0 Å². The molecule has 0 aromatic heterocycles. The smallest absolute Gasteiger partial charge is 1.00 e. The first kappa shape index (κ1) is 37.4. The van der Waals surface area contributed by atoms with E-state index in [1.165, 1.54) is 54.5 Å². The van der Waals surface area contributed by atoms with E-state index in [0.29, 0.717) is 0 Å². The number of allylic oxidation sites excluding steroid dienone is 4. The van der Waals surface area contributed by atoms with Crippen LogP contribution >= 0.6 is 0 Å². The van der Waals surface area contributed by atoms with Crippen molar-refractivity contribution in [3.8, 4) is 17.2 Å². The molecule has 218 valence electrons. The summed E-state index contributed by atoms with van der Waals surface area (Å²) in [6, 6.07) is 19.8. The molecule has 1 aliphatic carbocycles. The first-order valence-corrected chi connectivity index (χ1v) is 15.8. The molecule has 41 heavy (non-hydrogen) atoms. The third-order valence-corrected chi connectivity index (χ3v) is 17.8. The molecule has 0 spiro atoms. The van der Waals surface area contributed by atoms with Gasteiger partial charge in [0.1, 0.15) is 0 Å². The average molecular weight is 666 g/mol. The van der Waals surface area contributed by atoms with E-state index in [1.54, 1.807) is 21.3 Å². The third kappa shape index (κ3) is 5.69. The second kappa shape index (κ2) is 14.2. The number of rotatable bonds is 7. The van der Waals surface area contributed by atoms with Crippen LogP contribution in [0.2, 0.25) is 3.34 Å². The van der Waals surface area contributed by atoms with Gasteiger partial charge in [0.2, 0.25) is 0 Å². The number of aryl methyl sites for hydroxylation is 3. The molecule has 0 N–H and O–H groups in total. The fourth-order valence-electron chi connectivity index (χ4n) is 6.41. The predicted octanol–water partition coefficient (Wildman–Crippen LogP) is -2.95. The summed E-state index contributed by atoms with van der Waals surface area (Å²) in [5, 5.41) is 4.06. The summed E-state index contributed by atoms with van der Waals surface area (Å²) >= 11 is 2.49. The molecule has 3 aromatic rings. The number of hydrogen-bond donors (Lipinski definition) is 0. The average Bonchev–Trinajstić information content (AvgIpc) is 3.07. The molecule has 0 amide bonds. The molecular weight excluding hydrogens is 627 g/mol. The molecule has 0 saturated heterocycles. The normalized spacial score (nSPS) is 14.1. The van der Waals surface area contributed by atoms with E-state index in [2.05, 4.69) is 123 Å². The Labute approximate surface area is 277 Å². The SMILES string of the molecule is COc1ccc(C)c([Si](c2cc(OC)ccc2C)(c2cc(OC)ccc2C)[C]2([Ti+3])C(C)=C(C)C(C)=C2C)c1.[Cl-].[Cl-].[Cl-]. The van der Waals surface area contributed by atoms with E-state index < -0.39 is 8.07 Å². The molecule has 3 aromatic carbocycles. The van der Waals surface area contributed by atoms with Crippen LogP contribution < -0.4 is 67.0 Å². The van der Waals surface area contributed by atoms with Gasteiger partial charge >= 0.3 is 242 Å². The summed E-state index contributed by atoms with van der Waals surface area (Å²) in [7, 11) is 2.31. The summed E-state index contributed by atoms with van der Waals surface area (Å²) < 4.78 is 17.4. The molecule has 0 bridgehead atoms. The number of benzene rings is 3. The Kier molecular flexibility index (Phi) is 12.9. The first-order valence-electron chi connectivity index (χ1n) is 13.1. The Morgan fingerprint density at radius 2 is 0.780 bits per heavy atom. The molecule has 1 aliphatic rings. The van der Waals surface area contributed by atoms with Gasteiger partial charge in [-0.3, -0.25) is 0 Å². The monoisotopic (exact) mass is 664 g/mol. The quantitative estimate of drug-likeness (QED) is 0.200. The fourth-order valence-corrected chi connectivity index (χ4v) is 15.6. The summed E-state index contributed by atoms with van der Waals surface area (Å²) in [6.07, 6.45) is 0. The van der Waals surface area contributed by atoms with E-state index in [4.69, 9.17) is 14.2 Å². The molecule has 0 heterocycles. The molecule has 0 aliphatic heterocycles. The maximum atomic E-state index is 5.87. The molecule has 0 unspecified atom stereocenters. The Bertz CT molecular complexity index is 1330. The molecule has 3 nitrogen and oxygen atoms in total. The minimum absolute atomic E-state index is 0. The fraction of sp³-hybridized carbons (Fsp3) is 0.333. The van der Waals surface area contributed by atoms with E-state index >= 15 is 0 Å². The number of methoxy groups -OCH3 is 3. The second-order valence-electron chi connectivity index (χ2n) is 10.5. The van der Waals surface area contributed by atoms with Gasteiger partial charge in [0.05, 0.1) is 0 Å². The Morgan fingerprint density at radius 1 is 0.512 bits per heavy atom. The van der Waals surface area contributed by atoms with Crippen molar-refractivity contribution in [2.45, 2.75) is 51.8 Å². The molecule has 8 heteroatoms. The molecule has 4 rings (SSSR count). The second-order valence-corrected chi connectivity index (χ2v) is 16.4. The van der Waals surface area contributed by atoms with E-state index in [1.807, 2.05) is 0 Å². The summed E-state index contributed by atoms with van der Waals surface area (Å²) in [5.74, 6) is 2.63. The van der Waals surface area contributed by atoms with Crippen LogP contribution in [0.3, 0.4) is 0 Å². The molecule has 0 atom stereocenters. The van der Waals surface area contributed by atoms with E-state index in [9.17, 15) is 0 Å². The minimum Gasteiger partial charge on any atom is -1.00 e. The van der Waals surface area contributed by atoms with Gasteiger partial charge < -0.3 is 37.2 Å². The van der Waals surface area contributed by atoms with Gasteiger partial charge in [0, 0.05) is 0 Å². The van der Waals surface area contributed by atoms with Crippen molar-refractivity contribution in [3.63, 3.8) is 0 Å². The van der Waals surface area contributed by atoms with Crippen LogP contribution in [-0.4, -0.2) is 29.4 Å². The van der Waals surface area contributed by atoms with Crippen molar-refractivity contribution in [2.24, 2.45) is 0 Å². The molecular formula is C33H39Cl3O3SiTi. The summed E-state index contributed by atoms with van der Waals surface area (Å²) in [4.78, 5) is 0. The Hall–Kier alpha value is -1.66. The van der Waals surface area contributed by atoms with Crippen LogP contribution in [0.1, 0.15) is 44.4 Å². The van der Waals surface area contributed by atoms with Crippen molar-refractivity contribution >= 4 is 23.6 Å². The standard InChI is InChI=1S/C33H39O3Si.3ClH.Ti/c1-20-11-14-27(34-8)17-30(20)37(31-18-28(35-9)15-12-21(31)2,32-19-29(36-10)16-13-22(32)3)33-25(6)23(4)24(5)26(33)7;;;;/h11-19H,1-10H3;3*1H;/q;;;;+3/p-3. The van der Waals surface area contributed by atoms with Crippen LogP contribution in [0.5, 0.6) is 17.2 Å². The zero-order chi connectivity index (χ0) is 28.0. The van der Waals surface area contributed by atoms with Crippen molar-refractivity contribution in [1.29, 1.82) is 0 Å². The van der Waals surface area contributed by atoms with Gasteiger partial charge in [0.25, 0.3) is 0 Å². The molecule has 0 saturated carbocycles. The number of hydrogen-bond acceptors (Lipinski definition) is 3. The Balaban J connectivity index is 0.00000280. The third-order valence-electron chi connectivity index (χ3n) is 8.92. The summed E-state index contributed by atoms with van der Waals surface area (Å²) in [5.41, 5.74) is 9.46. The van der Waals surface area contributed by atoms with Crippen molar-refractivity contribution in [3.05, 3.63) is 93.6 Å². The van der Waals surface area contributed by atoms with Crippen molar-refractivity contribution < 1.29 is 71.9 Å². The minimum atomic E-state index is -2.96. The predicted molar refractivity (Wildman–Crippen MR) is 157 cm³/mol.